The van der Waals surface area contributed by atoms with Crippen LogP contribution < -0.4 is 11.1 Å². The third-order valence-corrected chi connectivity index (χ3v) is 4.52. The van der Waals surface area contributed by atoms with Gasteiger partial charge in [0, 0.05) is 29.5 Å². The van der Waals surface area contributed by atoms with Crippen molar-refractivity contribution in [2.24, 2.45) is 0 Å². The Morgan fingerprint density at radius 1 is 1.31 bits per heavy atom. The zero-order valence-corrected chi connectivity index (χ0v) is 17.4. The highest BCUT2D eigenvalue weighted by Gasteiger charge is 2.24. The number of carbonyl (C=O) groups is 1. The Kier molecular flexibility index (Phi) is 5.39. The van der Waals surface area contributed by atoms with Crippen LogP contribution in [0.2, 0.25) is 0 Å². The summed E-state index contributed by atoms with van der Waals surface area (Å²) in [5.74, 6) is -0.240. The molecule has 0 radical (unpaired) electrons. The number of amides is 1. The lowest BCUT2D eigenvalue weighted by atomic mass is 10.0. The van der Waals surface area contributed by atoms with E-state index in [1.54, 1.807) is 12.3 Å². The number of aromatic nitrogens is 3. The van der Waals surface area contributed by atoms with Gasteiger partial charge in [0.1, 0.15) is 11.2 Å². The number of hydrogen-bond donors (Lipinski definition) is 4. The van der Waals surface area contributed by atoms with Crippen molar-refractivity contribution >= 4 is 28.5 Å². The summed E-state index contributed by atoms with van der Waals surface area (Å²) in [5, 5.41) is 11.5. The number of hydrogen-bond acceptors (Lipinski definition) is 6. The fourth-order valence-electron chi connectivity index (χ4n) is 3.44. The lowest BCUT2D eigenvalue weighted by Gasteiger charge is -2.29. The second-order valence-corrected chi connectivity index (χ2v) is 8.20. The topological polar surface area (TPSA) is 124 Å². The van der Waals surface area contributed by atoms with E-state index in [0.29, 0.717) is 40.2 Å². The lowest BCUT2D eigenvalue weighted by Crippen LogP contribution is -2.49. The van der Waals surface area contributed by atoms with Crippen LogP contribution in [-0.2, 0) is 0 Å². The predicted molar refractivity (Wildman–Crippen MR) is 116 cm³/mol. The fourth-order valence-corrected chi connectivity index (χ4v) is 3.44. The van der Waals surface area contributed by atoms with E-state index >= 15 is 0 Å². The van der Waals surface area contributed by atoms with Crippen molar-refractivity contribution < 1.29 is 4.79 Å². The second-order valence-electron chi connectivity index (χ2n) is 8.20. The van der Waals surface area contributed by atoms with Gasteiger partial charge in [-0.05, 0) is 46.5 Å². The number of nitrogens with one attached hydrogen (secondary N) is 3. The molecule has 0 aliphatic carbocycles. The summed E-state index contributed by atoms with van der Waals surface area (Å²) in [6.45, 7) is 6.56. The third-order valence-electron chi connectivity index (χ3n) is 4.52. The normalized spacial score (nSPS) is 11.8. The molecule has 0 saturated carbocycles. The first-order valence-corrected chi connectivity index (χ1v) is 9.34. The second kappa shape index (κ2) is 7.63. The van der Waals surface area contributed by atoms with Crippen molar-refractivity contribution in [1.29, 1.82) is 5.41 Å². The van der Waals surface area contributed by atoms with Crippen molar-refractivity contribution in [2.45, 2.75) is 26.3 Å². The molecule has 0 bridgehead atoms. The first-order chi connectivity index (χ1) is 13.6. The van der Waals surface area contributed by atoms with Gasteiger partial charge >= 0.3 is 0 Å². The van der Waals surface area contributed by atoms with E-state index in [4.69, 9.17) is 11.1 Å². The van der Waals surface area contributed by atoms with E-state index in [-0.39, 0.29) is 11.6 Å². The van der Waals surface area contributed by atoms with Gasteiger partial charge in [0.05, 0.1) is 17.5 Å². The maximum Gasteiger partial charge on any atom is 0.255 e. The number of aromatic amines is 1. The Balaban J connectivity index is 1.94. The van der Waals surface area contributed by atoms with Gasteiger partial charge in [-0.3, -0.25) is 10.2 Å². The number of rotatable bonds is 6. The smallest absolute Gasteiger partial charge is 0.255 e. The molecule has 0 aliphatic rings. The molecule has 1 amide bonds. The summed E-state index contributed by atoms with van der Waals surface area (Å²) in [7, 11) is 3.92. The highest BCUT2D eigenvalue weighted by molar-refractivity contribution is 6.13. The minimum atomic E-state index is -0.418. The van der Waals surface area contributed by atoms with Crippen molar-refractivity contribution in [3.05, 3.63) is 53.0 Å². The third kappa shape index (κ3) is 4.43. The molecule has 8 heteroatoms. The van der Waals surface area contributed by atoms with Crippen LogP contribution in [0, 0.1) is 12.3 Å². The predicted octanol–water partition coefficient (Wildman–Crippen LogP) is 2.33. The Bertz CT molecular complexity index is 1080. The highest BCUT2D eigenvalue weighted by atomic mass is 16.1. The summed E-state index contributed by atoms with van der Waals surface area (Å²) < 4.78 is 0. The van der Waals surface area contributed by atoms with E-state index in [0.717, 1.165) is 5.56 Å². The van der Waals surface area contributed by atoms with Crippen molar-refractivity contribution in [3.63, 3.8) is 0 Å². The van der Waals surface area contributed by atoms with Crippen LogP contribution in [0.5, 0.6) is 0 Å². The molecule has 8 nitrogen and oxygen atoms in total. The largest absolute Gasteiger partial charge is 0.398 e. The molecular formula is C21H27N7O. The number of anilines is 1. The Morgan fingerprint density at radius 3 is 2.69 bits per heavy atom. The molecule has 29 heavy (non-hydrogen) atoms. The molecular weight excluding hydrogens is 366 g/mol. The van der Waals surface area contributed by atoms with E-state index in [1.807, 2.05) is 51.9 Å². The number of benzene rings is 1. The maximum absolute atomic E-state index is 12.9. The first kappa shape index (κ1) is 20.5. The van der Waals surface area contributed by atoms with Crippen LogP contribution in [0.15, 0.2) is 30.6 Å². The minimum Gasteiger partial charge on any atom is -0.398 e. The zero-order chi connectivity index (χ0) is 21.3. The van der Waals surface area contributed by atoms with Gasteiger partial charge < -0.3 is 20.9 Å². The van der Waals surface area contributed by atoms with E-state index in [9.17, 15) is 4.79 Å². The van der Waals surface area contributed by atoms with E-state index < -0.39 is 5.54 Å². The van der Waals surface area contributed by atoms with Crippen molar-refractivity contribution in [3.8, 4) is 0 Å². The lowest BCUT2D eigenvalue weighted by molar-refractivity contribution is 0.0901. The molecule has 0 atom stereocenters. The summed E-state index contributed by atoms with van der Waals surface area (Å²) in [5.41, 5.74) is 9.60. The monoisotopic (exact) mass is 393 g/mol. The average molecular weight is 393 g/mol. The minimum absolute atomic E-state index is 0.164. The molecule has 152 valence electrons. The Labute approximate surface area is 170 Å². The average Bonchev–Trinajstić information content (AvgIpc) is 3.02. The van der Waals surface area contributed by atoms with Crippen LogP contribution >= 0.6 is 0 Å². The Morgan fingerprint density at radius 2 is 2.03 bits per heavy atom. The van der Waals surface area contributed by atoms with Crippen LogP contribution in [0.4, 0.5) is 5.69 Å². The molecule has 2 heterocycles. The standard InChI is InChI=1S/C21H27N7O/c1-12-6-7-13(15(22)8-12)17(23)16-10-25-19-18(26-16)14(9-24-19)20(29)27-21(2,3)11-28(4)5/h6-10,23H,11,22H2,1-5H3,(H,24,25)(H,27,29). The molecule has 3 aromatic rings. The number of nitrogens with zero attached hydrogens (tertiary/aromatic N) is 3. The number of H-pyrrole nitrogens is 1. The molecule has 0 spiro atoms. The van der Waals surface area contributed by atoms with Crippen LogP contribution in [0.1, 0.15) is 41.0 Å². The molecule has 0 aliphatic heterocycles. The van der Waals surface area contributed by atoms with Crippen molar-refractivity contribution in [2.75, 3.05) is 26.4 Å². The highest BCUT2D eigenvalue weighted by Crippen LogP contribution is 2.20. The van der Waals surface area contributed by atoms with Gasteiger partial charge in [0.25, 0.3) is 5.91 Å². The van der Waals surface area contributed by atoms with E-state index in [2.05, 4.69) is 20.3 Å². The molecule has 1 aromatic carbocycles. The Hall–Kier alpha value is -3.26. The van der Waals surface area contributed by atoms with Gasteiger partial charge in [-0.1, -0.05) is 12.1 Å². The van der Waals surface area contributed by atoms with Crippen LogP contribution in [-0.4, -0.2) is 57.6 Å². The number of fused-ring (bicyclic) bond motifs is 1. The van der Waals surface area contributed by atoms with Gasteiger partial charge in [0.2, 0.25) is 0 Å². The van der Waals surface area contributed by atoms with Crippen LogP contribution in [0.25, 0.3) is 11.2 Å². The van der Waals surface area contributed by atoms with Crippen LogP contribution in [0.3, 0.4) is 0 Å². The van der Waals surface area contributed by atoms with E-state index in [1.165, 1.54) is 6.20 Å². The van der Waals surface area contributed by atoms with Gasteiger partial charge in [-0.25, -0.2) is 9.97 Å². The number of carbonyl (C=O) groups excluding carboxylic acids is 1. The maximum atomic E-state index is 12.9. The van der Waals surface area contributed by atoms with Gasteiger partial charge in [-0.2, -0.15) is 0 Å². The summed E-state index contributed by atoms with van der Waals surface area (Å²) in [4.78, 5) is 26.7. The SMILES string of the molecule is Cc1ccc(C(=N)c2cnc3[nH]cc(C(=O)NC(C)(C)CN(C)C)c3n2)c(N)c1. The number of nitrogen functional groups attached to an aromatic ring is 1. The molecule has 2 aromatic heterocycles. The summed E-state index contributed by atoms with van der Waals surface area (Å²) in [6.07, 6.45) is 3.11. The molecule has 5 N–H and O–H groups in total. The summed E-state index contributed by atoms with van der Waals surface area (Å²) in [6, 6.07) is 5.51. The molecule has 0 unspecified atom stereocenters. The zero-order valence-electron chi connectivity index (χ0n) is 17.4. The van der Waals surface area contributed by atoms with Gasteiger partial charge in [-0.15, -0.1) is 0 Å². The van der Waals surface area contributed by atoms with Gasteiger partial charge in [0.15, 0.2) is 5.65 Å². The first-order valence-electron chi connectivity index (χ1n) is 9.34. The summed E-state index contributed by atoms with van der Waals surface area (Å²) >= 11 is 0. The quantitative estimate of drug-likeness (QED) is 0.378. The number of nitrogens with two attached hydrogens (primary N) is 1. The molecule has 3 rings (SSSR count). The number of likely N-dealkylation sites (N-methyl/N-ethyl adjacent to an activating group) is 1. The fraction of sp³-hybridized carbons (Fsp3) is 0.333. The number of aryl methyl sites for hydroxylation is 1. The molecule has 0 saturated heterocycles. The van der Waals surface area contributed by atoms with Crippen molar-refractivity contribution in [1.82, 2.24) is 25.2 Å². The molecule has 0 fully saturated rings.